The number of rotatable bonds is 7. The van der Waals surface area contributed by atoms with Gasteiger partial charge in [-0.05, 0) is 25.8 Å². The molecule has 2 rings (SSSR count). The molecule has 0 bridgehead atoms. The highest BCUT2D eigenvalue weighted by atomic mass is 35.5. The van der Waals surface area contributed by atoms with Crippen LogP contribution in [0.5, 0.6) is 0 Å². The largest absolute Gasteiger partial charge is 0.396 e. The first-order valence-electron chi connectivity index (χ1n) is 7.90. The number of carbonyl (C=O) groups is 1. The molecule has 2 aromatic rings. The topological polar surface area (TPSA) is 68.2 Å². The molecule has 0 atom stereocenters. The smallest absolute Gasteiger partial charge is 0.251 e. The highest BCUT2D eigenvalue weighted by Crippen LogP contribution is 2.37. The summed E-state index contributed by atoms with van der Waals surface area (Å²) in [4.78, 5) is 12.1. The Labute approximate surface area is 141 Å². The second kappa shape index (κ2) is 7.66. The van der Waals surface area contributed by atoms with Crippen molar-refractivity contribution >= 4 is 17.5 Å². The Balaban J connectivity index is 2.76. The second-order valence-corrected chi connectivity index (χ2v) is 6.01. The van der Waals surface area contributed by atoms with Gasteiger partial charge in [0.15, 0.2) is 0 Å². The van der Waals surface area contributed by atoms with E-state index < -0.39 is 5.91 Å². The van der Waals surface area contributed by atoms with E-state index in [1.165, 1.54) is 0 Å². The molecule has 0 spiro atoms. The van der Waals surface area contributed by atoms with Crippen LogP contribution in [-0.4, -0.2) is 22.2 Å². The normalized spacial score (nSPS) is 11.0. The number of amides is 1. The van der Waals surface area contributed by atoms with Crippen LogP contribution in [0.1, 0.15) is 41.5 Å². The van der Waals surface area contributed by atoms with Crippen molar-refractivity contribution < 1.29 is 9.90 Å². The Hall–Kier alpha value is -1.78. The van der Waals surface area contributed by atoms with E-state index in [1.54, 1.807) is 0 Å². The molecule has 0 saturated heterocycles. The predicted octanol–water partition coefficient (Wildman–Crippen LogP) is 3.55. The molecule has 1 amide bonds. The van der Waals surface area contributed by atoms with E-state index in [2.05, 4.69) is 11.5 Å². The summed E-state index contributed by atoms with van der Waals surface area (Å²) < 4.78 is 2.10. The Morgan fingerprint density at radius 2 is 2.04 bits per heavy atom. The molecule has 0 aliphatic heterocycles. The van der Waals surface area contributed by atoms with Crippen LogP contribution in [0.4, 0.5) is 0 Å². The van der Waals surface area contributed by atoms with Crippen LogP contribution in [0.3, 0.4) is 0 Å². The number of hydrogen-bond acceptors (Lipinski definition) is 2. The van der Waals surface area contributed by atoms with Gasteiger partial charge in [-0.15, -0.1) is 0 Å². The standard InChI is InChI=1S/C18H23ClN2O2/c1-3-7-15-17(13-8-4-5-9-14(13)19)16(18(20)23)12(2)21(15)10-6-11-22/h4-5,8-9,22H,3,6-7,10-11H2,1-2H3,(H2,20,23). The molecular weight excluding hydrogens is 312 g/mol. The van der Waals surface area contributed by atoms with Gasteiger partial charge in [-0.2, -0.15) is 0 Å². The van der Waals surface area contributed by atoms with Crippen LogP contribution >= 0.6 is 11.6 Å². The van der Waals surface area contributed by atoms with Crippen molar-refractivity contribution in [2.75, 3.05) is 6.61 Å². The number of aliphatic hydroxyl groups excluding tert-OH is 1. The quantitative estimate of drug-likeness (QED) is 0.813. The summed E-state index contributed by atoms with van der Waals surface area (Å²) in [6.45, 7) is 4.76. The monoisotopic (exact) mass is 334 g/mol. The van der Waals surface area contributed by atoms with Gasteiger partial charge in [-0.25, -0.2) is 0 Å². The minimum Gasteiger partial charge on any atom is -0.396 e. The number of nitrogens with two attached hydrogens (primary N) is 1. The molecule has 5 heteroatoms. The maximum absolute atomic E-state index is 12.1. The summed E-state index contributed by atoms with van der Waals surface area (Å²) in [6.07, 6.45) is 2.39. The van der Waals surface area contributed by atoms with E-state index in [-0.39, 0.29) is 6.61 Å². The molecule has 4 nitrogen and oxygen atoms in total. The van der Waals surface area contributed by atoms with Crippen LogP contribution < -0.4 is 5.73 Å². The molecule has 1 aromatic carbocycles. The van der Waals surface area contributed by atoms with Crippen LogP contribution in [0.25, 0.3) is 11.1 Å². The number of benzene rings is 1. The van der Waals surface area contributed by atoms with Crippen LogP contribution in [0.2, 0.25) is 5.02 Å². The molecule has 0 aliphatic rings. The Kier molecular flexibility index (Phi) is 5.85. The number of halogens is 1. The van der Waals surface area contributed by atoms with E-state index in [4.69, 9.17) is 22.4 Å². The summed E-state index contributed by atoms with van der Waals surface area (Å²) in [5.74, 6) is -0.447. The van der Waals surface area contributed by atoms with Crippen LogP contribution in [0.15, 0.2) is 24.3 Å². The van der Waals surface area contributed by atoms with Gasteiger partial charge < -0.3 is 15.4 Å². The summed E-state index contributed by atoms with van der Waals surface area (Å²) in [5, 5.41) is 9.76. The summed E-state index contributed by atoms with van der Waals surface area (Å²) in [5.41, 5.74) is 9.75. The molecule has 23 heavy (non-hydrogen) atoms. The Morgan fingerprint density at radius 3 is 2.61 bits per heavy atom. The first-order chi connectivity index (χ1) is 11.0. The van der Waals surface area contributed by atoms with Crippen molar-refractivity contribution in [2.24, 2.45) is 5.73 Å². The van der Waals surface area contributed by atoms with Crippen molar-refractivity contribution in [3.63, 3.8) is 0 Å². The molecule has 1 heterocycles. The van der Waals surface area contributed by atoms with Gasteiger partial charge in [-0.3, -0.25) is 4.79 Å². The minimum atomic E-state index is -0.447. The first kappa shape index (κ1) is 17.6. The first-order valence-corrected chi connectivity index (χ1v) is 8.28. The van der Waals surface area contributed by atoms with Gasteiger partial charge in [0.05, 0.1) is 5.56 Å². The summed E-state index contributed by atoms with van der Waals surface area (Å²) >= 11 is 6.37. The highest BCUT2D eigenvalue weighted by molar-refractivity contribution is 6.33. The van der Waals surface area contributed by atoms with Crippen LogP contribution in [0, 0.1) is 6.92 Å². The average molecular weight is 335 g/mol. The van der Waals surface area contributed by atoms with Crippen LogP contribution in [-0.2, 0) is 13.0 Å². The fraction of sp³-hybridized carbons (Fsp3) is 0.389. The molecule has 0 fully saturated rings. The van der Waals surface area contributed by atoms with Crippen molar-refractivity contribution in [3.05, 3.63) is 46.2 Å². The van der Waals surface area contributed by atoms with E-state index in [9.17, 15) is 4.79 Å². The molecule has 0 aliphatic carbocycles. The molecule has 3 N–H and O–H groups in total. The Morgan fingerprint density at radius 1 is 1.35 bits per heavy atom. The average Bonchev–Trinajstić information content (AvgIpc) is 2.78. The fourth-order valence-electron chi connectivity index (χ4n) is 3.08. The lowest BCUT2D eigenvalue weighted by Gasteiger charge is -2.12. The number of primary amides is 1. The third kappa shape index (κ3) is 3.43. The molecular formula is C18H23ClN2O2. The van der Waals surface area contributed by atoms with Crippen molar-refractivity contribution in [2.45, 2.75) is 39.7 Å². The number of aromatic nitrogens is 1. The van der Waals surface area contributed by atoms with Gasteiger partial charge in [-0.1, -0.05) is 43.1 Å². The molecule has 0 radical (unpaired) electrons. The van der Waals surface area contributed by atoms with Crippen molar-refractivity contribution in [1.29, 1.82) is 0 Å². The molecule has 124 valence electrons. The zero-order valence-corrected chi connectivity index (χ0v) is 14.4. The zero-order chi connectivity index (χ0) is 17.0. The third-order valence-corrected chi connectivity index (χ3v) is 4.38. The van der Waals surface area contributed by atoms with Gasteiger partial charge in [0.2, 0.25) is 0 Å². The molecule has 0 saturated carbocycles. The lowest BCUT2D eigenvalue weighted by Crippen LogP contribution is -2.13. The summed E-state index contributed by atoms with van der Waals surface area (Å²) in [6, 6.07) is 7.50. The third-order valence-electron chi connectivity index (χ3n) is 4.05. The van der Waals surface area contributed by atoms with Crippen molar-refractivity contribution in [1.82, 2.24) is 4.57 Å². The maximum Gasteiger partial charge on any atom is 0.251 e. The summed E-state index contributed by atoms with van der Waals surface area (Å²) in [7, 11) is 0. The van der Waals surface area contributed by atoms with Gasteiger partial charge in [0, 0.05) is 40.7 Å². The number of hydrogen-bond donors (Lipinski definition) is 2. The fourth-order valence-corrected chi connectivity index (χ4v) is 3.31. The number of aliphatic hydroxyl groups is 1. The maximum atomic E-state index is 12.1. The predicted molar refractivity (Wildman–Crippen MR) is 93.8 cm³/mol. The van der Waals surface area contributed by atoms with E-state index in [1.807, 2.05) is 31.2 Å². The number of carbonyl (C=O) groups excluding carboxylic acids is 1. The van der Waals surface area contributed by atoms with Gasteiger partial charge in [0.25, 0.3) is 5.91 Å². The minimum absolute atomic E-state index is 0.108. The zero-order valence-electron chi connectivity index (χ0n) is 13.6. The number of nitrogens with zero attached hydrogens (tertiary/aromatic N) is 1. The highest BCUT2D eigenvalue weighted by Gasteiger charge is 2.25. The van der Waals surface area contributed by atoms with Gasteiger partial charge in [0.1, 0.15) is 0 Å². The molecule has 0 unspecified atom stereocenters. The van der Waals surface area contributed by atoms with Crippen molar-refractivity contribution in [3.8, 4) is 11.1 Å². The molecule has 1 aromatic heterocycles. The Bertz CT molecular complexity index is 707. The van der Waals surface area contributed by atoms with E-state index in [0.717, 1.165) is 35.4 Å². The second-order valence-electron chi connectivity index (χ2n) is 5.60. The SMILES string of the molecule is CCCc1c(-c2ccccc2Cl)c(C(N)=O)c(C)n1CCCO. The lowest BCUT2D eigenvalue weighted by molar-refractivity contribution is 0.1000. The van der Waals surface area contributed by atoms with E-state index in [0.29, 0.717) is 23.6 Å². The van der Waals surface area contributed by atoms with E-state index >= 15 is 0 Å². The van der Waals surface area contributed by atoms with Gasteiger partial charge >= 0.3 is 0 Å². The lowest BCUT2D eigenvalue weighted by atomic mass is 9.98.